The lowest BCUT2D eigenvalue weighted by Gasteiger charge is -2.32. The molecule has 0 aliphatic heterocycles. The Hall–Kier alpha value is -2.62. The van der Waals surface area contributed by atoms with Crippen LogP contribution in [0.25, 0.3) is 0 Å². The molecule has 0 aromatic heterocycles. The predicted molar refractivity (Wildman–Crippen MR) is 93.6 cm³/mol. The quantitative estimate of drug-likeness (QED) is 0.788. The van der Waals surface area contributed by atoms with Gasteiger partial charge in [0.2, 0.25) is 0 Å². The SMILES string of the molecule is CN(CCC1C=C(C#N)C(=O)C(C)(C)C1)C(=O)c1cccc(C(F)(F)F)c1. The Morgan fingerprint density at radius 3 is 2.63 bits per heavy atom. The summed E-state index contributed by atoms with van der Waals surface area (Å²) in [5, 5.41) is 9.12. The van der Waals surface area contributed by atoms with Gasteiger partial charge in [-0.2, -0.15) is 18.4 Å². The van der Waals surface area contributed by atoms with E-state index in [9.17, 15) is 22.8 Å². The van der Waals surface area contributed by atoms with Crippen molar-refractivity contribution < 1.29 is 22.8 Å². The molecule has 1 atom stereocenters. The first-order valence-electron chi connectivity index (χ1n) is 8.55. The van der Waals surface area contributed by atoms with E-state index < -0.39 is 23.1 Å². The maximum Gasteiger partial charge on any atom is 0.416 e. The van der Waals surface area contributed by atoms with Crippen LogP contribution in [0.1, 0.15) is 42.6 Å². The van der Waals surface area contributed by atoms with E-state index in [4.69, 9.17) is 5.26 Å². The molecule has 1 aromatic rings. The Labute approximate surface area is 156 Å². The summed E-state index contributed by atoms with van der Waals surface area (Å²) in [6.45, 7) is 3.87. The summed E-state index contributed by atoms with van der Waals surface area (Å²) < 4.78 is 38.4. The summed E-state index contributed by atoms with van der Waals surface area (Å²) in [5.74, 6) is -0.740. The number of rotatable bonds is 4. The number of carbonyl (C=O) groups is 2. The molecule has 144 valence electrons. The van der Waals surface area contributed by atoms with Crippen LogP contribution in [-0.2, 0) is 11.0 Å². The van der Waals surface area contributed by atoms with Crippen molar-refractivity contribution in [2.45, 2.75) is 32.9 Å². The minimum absolute atomic E-state index is 0.0280. The van der Waals surface area contributed by atoms with Crippen LogP contribution in [0.2, 0.25) is 0 Å². The molecule has 1 amide bonds. The van der Waals surface area contributed by atoms with Crippen LogP contribution in [0.5, 0.6) is 0 Å². The number of Topliss-reactive ketones (excluding diaryl/α,β-unsaturated/α-hetero) is 1. The van der Waals surface area contributed by atoms with Crippen LogP contribution in [-0.4, -0.2) is 30.2 Å². The normalized spacial score (nSPS) is 19.2. The van der Waals surface area contributed by atoms with Crippen molar-refractivity contribution in [2.24, 2.45) is 11.3 Å². The smallest absolute Gasteiger partial charge is 0.342 e. The summed E-state index contributed by atoms with van der Waals surface area (Å²) in [6.07, 6.45) is -1.80. The highest BCUT2D eigenvalue weighted by Gasteiger charge is 2.37. The number of halogens is 3. The molecule has 0 bridgehead atoms. The van der Waals surface area contributed by atoms with Gasteiger partial charge >= 0.3 is 6.18 Å². The molecule has 0 spiro atoms. The Balaban J connectivity index is 2.07. The number of hydrogen-bond donors (Lipinski definition) is 0. The number of benzene rings is 1. The zero-order valence-corrected chi connectivity index (χ0v) is 15.4. The van der Waals surface area contributed by atoms with E-state index in [0.29, 0.717) is 19.4 Å². The Bertz CT molecular complexity index is 819. The molecule has 0 N–H and O–H groups in total. The topological polar surface area (TPSA) is 61.2 Å². The van der Waals surface area contributed by atoms with Gasteiger partial charge in [-0.15, -0.1) is 0 Å². The molecule has 1 aliphatic rings. The molecule has 0 heterocycles. The van der Waals surface area contributed by atoms with E-state index in [1.54, 1.807) is 19.9 Å². The number of nitrogens with zero attached hydrogens (tertiary/aromatic N) is 2. The maximum atomic E-state index is 12.8. The monoisotopic (exact) mass is 378 g/mol. The van der Waals surface area contributed by atoms with Gasteiger partial charge in [-0.3, -0.25) is 9.59 Å². The molecule has 7 heteroatoms. The molecular weight excluding hydrogens is 357 g/mol. The second-order valence-corrected chi connectivity index (χ2v) is 7.46. The molecule has 1 aliphatic carbocycles. The first kappa shape index (κ1) is 20.7. The number of alkyl halides is 3. The first-order valence-corrected chi connectivity index (χ1v) is 8.55. The van der Waals surface area contributed by atoms with E-state index in [2.05, 4.69) is 0 Å². The number of ketones is 1. The highest BCUT2D eigenvalue weighted by Crippen LogP contribution is 2.36. The van der Waals surface area contributed by atoms with Crippen LogP contribution in [0.15, 0.2) is 35.9 Å². The Morgan fingerprint density at radius 2 is 2.04 bits per heavy atom. The minimum Gasteiger partial charge on any atom is -0.342 e. The van der Waals surface area contributed by atoms with Crippen LogP contribution in [0.3, 0.4) is 0 Å². The molecular formula is C20H21F3N2O2. The zero-order chi connectivity index (χ0) is 20.4. The molecule has 27 heavy (non-hydrogen) atoms. The van der Waals surface area contributed by atoms with Crippen LogP contribution in [0, 0.1) is 22.7 Å². The van der Waals surface area contributed by atoms with Crippen molar-refractivity contribution in [2.75, 3.05) is 13.6 Å². The van der Waals surface area contributed by atoms with Crippen molar-refractivity contribution in [1.29, 1.82) is 5.26 Å². The fourth-order valence-electron chi connectivity index (χ4n) is 3.27. The summed E-state index contributed by atoms with van der Waals surface area (Å²) in [6, 6.07) is 6.25. The lowest BCUT2D eigenvalue weighted by atomic mass is 9.71. The summed E-state index contributed by atoms with van der Waals surface area (Å²) >= 11 is 0. The van der Waals surface area contributed by atoms with Crippen molar-refractivity contribution in [3.63, 3.8) is 0 Å². The third kappa shape index (κ3) is 4.76. The molecule has 1 unspecified atom stereocenters. The Kier molecular flexibility index (Phi) is 5.79. The molecule has 0 radical (unpaired) electrons. The third-order valence-corrected chi connectivity index (χ3v) is 4.77. The van der Waals surface area contributed by atoms with Gasteiger partial charge in [-0.1, -0.05) is 26.0 Å². The molecule has 0 saturated carbocycles. The average Bonchev–Trinajstić information content (AvgIpc) is 2.60. The van der Waals surface area contributed by atoms with Gasteiger partial charge in [-0.05, 0) is 37.0 Å². The van der Waals surface area contributed by atoms with E-state index in [1.807, 2.05) is 6.07 Å². The fraction of sp³-hybridized carbons (Fsp3) is 0.450. The number of hydrogen-bond acceptors (Lipinski definition) is 3. The van der Waals surface area contributed by atoms with Gasteiger partial charge in [0.15, 0.2) is 5.78 Å². The molecule has 2 rings (SSSR count). The van der Waals surface area contributed by atoms with Gasteiger partial charge in [0.25, 0.3) is 5.91 Å². The summed E-state index contributed by atoms with van der Waals surface area (Å²) in [4.78, 5) is 25.9. The first-order chi connectivity index (χ1) is 12.5. The maximum absolute atomic E-state index is 12.8. The van der Waals surface area contributed by atoms with Gasteiger partial charge in [-0.25, -0.2) is 0 Å². The van der Waals surface area contributed by atoms with E-state index in [1.165, 1.54) is 24.1 Å². The van der Waals surface area contributed by atoms with Gasteiger partial charge in [0.05, 0.1) is 11.1 Å². The van der Waals surface area contributed by atoms with E-state index in [0.717, 1.165) is 12.1 Å². The zero-order valence-electron chi connectivity index (χ0n) is 15.4. The number of carbonyl (C=O) groups excluding carboxylic acids is 2. The largest absolute Gasteiger partial charge is 0.416 e. The number of amides is 1. The van der Waals surface area contributed by atoms with Crippen molar-refractivity contribution in [1.82, 2.24) is 4.90 Å². The second kappa shape index (κ2) is 7.55. The van der Waals surface area contributed by atoms with Crippen LogP contribution >= 0.6 is 0 Å². The standard InChI is InChI=1S/C20H21F3N2O2/c1-19(2)11-13(9-15(12-24)17(19)26)7-8-25(3)18(27)14-5-4-6-16(10-14)20(21,22)23/h4-6,9-10,13H,7-8,11H2,1-3H3. The second-order valence-electron chi connectivity index (χ2n) is 7.46. The molecule has 0 fully saturated rings. The predicted octanol–water partition coefficient (Wildman–Crippen LogP) is 4.23. The lowest BCUT2D eigenvalue weighted by molar-refractivity contribution is -0.137. The highest BCUT2D eigenvalue weighted by atomic mass is 19.4. The summed E-state index contributed by atoms with van der Waals surface area (Å²) in [5.41, 5.74) is -1.41. The fourth-order valence-corrected chi connectivity index (χ4v) is 3.27. The molecule has 0 saturated heterocycles. The lowest BCUT2D eigenvalue weighted by Crippen LogP contribution is -2.34. The summed E-state index contributed by atoms with van der Waals surface area (Å²) in [7, 11) is 1.52. The highest BCUT2D eigenvalue weighted by molar-refractivity contribution is 6.03. The Morgan fingerprint density at radius 1 is 1.37 bits per heavy atom. The van der Waals surface area contributed by atoms with E-state index in [-0.39, 0.29) is 22.8 Å². The van der Waals surface area contributed by atoms with Gasteiger partial charge in [0, 0.05) is 24.6 Å². The van der Waals surface area contributed by atoms with Crippen LogP contribution < -0.4 is 0 Å². The molecule has 4 nitrogen and oxygen atoms in total. The van der Waals surface area contributed by atoms with Crippen LogP contribution in [0.4, 0.5) is 13.2 Å². The number of nitriles is 1. The van der Waals surface area contributed by atoms with Gasteiger partial charge in [0.1, 0.15) is 6.07 Å². The molecule has 1 aromatic carbocycles. The van der Waals surface area contributed by atoms with Crippen molar-refractivity contribution in [3.05, 3.63) is 47.0 Å². The van der Waals surface area contributed by atoms with Crippen molar-refractivity contribution >= 4 is 11.7 Å². The third-order valence-electron chi connectivity index (χ3n) is 4.77. The minimum atomic E-state index is -4.51. The van der Waals surface area contributed by atoms with Gasteiger partial charge < -0.3 is 4.90 Å². The average molecular weight is 378 g/mol. The van der Waals surface area contributed by atoms with E-state index >= 15 is 0 Å². The van der Waals surface area contributed by atoms with Crippen molar-refractivity contribution in [3.8, 4) is 6.07 Å². The number of allylic oxidation sites excluding steroid dienone is 2.